The summed E-state index contributed by atoms with van der Waals surface area (Å²) < 4.78 is 0. The molecule has 13 heavy (non-hydrogen) atoms. The molecule has 0 amide bonds. The fourth-order valence-corrected chi connectivity index (χ4v) is 1.06. The van der Waals surface area contributed by atoms with Crippen molar-refractivity contribution >= 4 is 11.6 Å². The highest BCUT2D eigenvalue weighted by atomic mass is 35.5. The monoisotopic (exact) mass is 195 g/mol. The molecular weight excluding hydrogens is 186 g/mol. The van der Waals surface area contributed by atoms with Gasteiger partial charge in [-0.15, -0.1) is 0 Å². The third kappa shape index (κ3) is 3.41. The van der Waals surface area contributed by atoms with Crippen LogP contribution in [0.15, 0.2) is 18.3 Å². The van der Waals surface area contributed by atoms with Crippen molar-refractivity contribution in [3.63, 3.8) is 0 Å². The third-order valence-electron chi connectivity index (χ3n) is 1.56. The molecule has 4 heteroatoms. The molecule has 0 aliphatic heterocycles. The lowest BCUT2D eigenvalue weighted by Gasteiger charge is -2.10. The maximum atomic E-state index is 8.43. The van der Waals surface area contributed by atoms with Gasteiger partial charge < -0.3 is 0 Å². The average Bonchev–Trinajstić information content (AvgIpc) is 2.09. The number of rotatable bonds is 3. The topological polar surface area (TPSA) is 39.9 Å². The molecule has 1 heterocycles. The molecule has 1 aromatic rings. The Kier molecular flexibility index (Phi) is 3.69. The molecule has 0 aromatic carbocycles. The smallest absolute Gasteiger partial charge is 0.0866 e. The minimum absolute atomic E-state index is 0.407. The Balaban J connectivity index is 2.55. The molecule has 0 radical (unpaired) electrons. The van der Waals surface area contributed by atoms with Crippen molar-refractivity contribution < 1.29 is 0 Å². The molecule has 0 fully saturated rings. The summed E-state index contributed by atoms with van der Waals surface area (Å²) in [4.78, 5) is 6.00. The Morgan fingerprint density at radius 1 is 1.62 bits per heavy atom. The van der Waals surface area contributed by atoms with Gasteiger partial charge in [0.05, 0.1) is 23.3 Å². The maximum Gasteiger partial charge on any atom is 0.0866 e. The van der Waals surface area contributed by atoms with Gasteiger partial charge in [0.1, 0.15) is 0 Å². The van der Waals surface area contributed by atoms with Gasteiger partial charge in [-0.2, -0.15) is 5.26 Å². The van der Waals surface area contributed by atoms with Gasteiger partial charge in [0.2, 0.25) is 0 Å². The van der Waals surface area contributed by atoms with Crippen LogP contribution < -0.4 is 0 Å². The molecule has 0 spiro atoms. The number of hydrogen-bond donors (Lipinski definition) is 0. The second kappa shape index (κ2) is 4.80. The zero-order chi connectivity index (χ0) is 9.68. The minimum atomic E-state index is 0.407. The molecule has 0 saturated carbocycles. The van der Waals surface area contributed by atoms with Crippen LogP contribution in [0, 0.1) is 11.3 Å². The van der Waals surface area contributed by atoms with Crippen LogP contribution in [0.1, 0.15) is 5.69 Å². The quantitative estimate of drug-likeness (QED) is 0.690. The molecule has 1 rings (SSSR count). The number of hydrogen-bond acceptors (Lipinski definition) is 3. The van der Waals surface area contributed by atoms with E-state index in [0.29, 0.717) is 18.1 Å². The van der Waals surface area contributed by atoms with Gasteiger partial charge in [-0.1, -0.05) is 11.6 Å². The van der Waals surface area contributed by atoms with E-state index < -0.39 is 0 Å². The molecule has 0 unspecified atom stereocenters. The highest BCUT2D eigenvalue weighted by Crippen LogP contribution is 2.07. The molecule has 0 aliphatic carbocycles. The first kappa shape index (κ1) is 9.97. The van der Waals surface area contributed by atoms with Gasteiger partial charge in [-0.25, -0.2) is 0 Å². The molecule has 1 aromatic heterocycles. The van der Waals surface area contributed by atoms with Crippen LogP contribution in [-0.4, -0.2) is 23.5 Å². The van der Waals surface area contributed by atoms with Gasteiger partial charge in [0, 0.05) is 12.7 Å². The molecule has 0 atom stereocenters. The van der Waals surface area contributed by atoms with E-state index in [1.165, 1.54) is 0 Å². The summed E-state index contributed by atoms with van der Waals surface area (Å²) in [5.41, 5.74) is 0.919. The maximum absolute atomic E-state index is 8.43. The van der Waals surface area contributed by atoms with E-state index in [0.717, 1.165) is 5.69 Å². The molecule has 0 aliphatic rings. The summed E-state index contributed by atoms with van der Waals surface area (Å²) in [6, 6.07) is 5.72. The third-order valence-corrected chi connectivity index (χ3v) is 1.78. The van der Waals surface area contributed by atoms with Crippen molar-refractivity contribution in [2.75, 3.05) is 13.6 Å². The summed E-state index contributed by atoms with van der Waals surface area (Å²) >= 11 is 5.68. The molecule has 0 N–H and O–H groups in total. The summed E-state index contributed by atoms with van der Waals surface area (Å²) in [5.74, 6) is 0. The summed E-state index contributed by atoms with van der Waals surface area (Å²) in [6.07, 6.45) is 1.61. The number of halogens is 1. The van der Waals surface area contributed by atoms with Crippen LogP contribution in [0.5, 0.6) is 0 Å². The molecule has 68 valence electrons. The van der Waals surface area contributed by atoms with E-state index in [2.05, 4.69) is 11.1 Å². The molecular formula is C9H10ClN3. The zero-order valence-electron chi connectivity index (χ0n) is 7.37. The van der Waals surface area contributed by atoms with Crippen LogP contribution in [0.3, 0.4) is 0 Å². The van der Waals surface area contributed by atoms with Crippen LogP contribution in [-0.2, 0) is 6.54 Å². The number of nitriles is 1. The second-order valence-electron chi connectivity index (χ2n) is 2.80. The molecule has 0 bridgehead atoms. The SMILES string of the molecule is CN(CC#N)Cc1ccc(Cl)cn1. The van der Waals surface area contributed by atoms with Crippen LogP contribution in [0.2, 0.25) is 5.02 Å². The van der Waals surface area contributed by atoms with Crippen LogP contribution in [0.25, 0.3) is 0 Å². The first-order valence-electron chi connectivity index (χ1n) is 3.88. The van der Waals surface area contributed by atoms with Crippen LogP contribution >= 0.6 is 11.6 Å². The Hall–Kier alpha value is -1.11. The first-order valence-corrected chi connectivity index (χ1v) is 4.26. The normalized spacial score (nSPS) is 10.0. The second-order valence-corrected chi connectivity index (χ2v) is 3.23. The van der Waals surface area contributed by atoms with E-state index >= 15 is 0 Å². The minimum Gasteiger partial charge on any atom is -0.288 e. The van der Waals surface area contributed by atoms with Crippen molar-refractivity contribution in [3.8, 4) is 6.07 Å². The highest BCUT2D eigenvalue weighted by Gasteiger charge is 1.99. The number of aromatic nitrogens is 1. The highest BCUT2D eigenvalue weighted by molar-refractivity contribution is 6.30. The van der Waals surface area contributed by atoms with Gasteiger partial charge in [0.15, 0.2) is 0 Å². The largest absolute Gasteiger partial charge is 0.288 e. The average molecular weight is 196 g/mol. The fraction of sp³-hybridized carbons (Fsp3) is 0.333. The Morgan fingerprint density at radius 3 is 2.92 bits per heavy atom. The van der Waals surface area contributed by atoms with Crippen molar-refractivity contribution in [3.05, 3.63) is 29.0 Å². The van der Waals surface area contributed by atoms with E-state index in [1.54, 1.807) is 12.3 Å². The number of nitrogens with zero attached hydrogens (tertiary/aromatic N) is 3. The van der Waals surface area contributed by atoms with Crippen molar-refractivity contribution in [2.24, 2.45) is 0 Å². The van der Waals surface area contributed by atoms with E-state index in [-0.39, 0.29) is 0 Å². The van der Waals surface area contributed by atoms with E-state index in [9.17, 15) is 0 Å². The lowest BCUT2D eigenvalue weighted by Crippen LogP contribution is -2.18. The first-order chi connectivity index (χ1) is 6.22. The fourth-order valence-electron chi connectivity index (χ4n) is 0.953. The van der Waals surface area contributed by atoms with Crippen molar-refractivity contribution in [2.45, 2.75) is 6.54 Å². The zero-order valence-corrected chi connectivity index (χ0v) is 8.12. The van der Waals surface area contributed by atoms with Crippen molar-refractivity contribution in [1.29, 1.82) is 5.26 Å². The Labute approximate surface area is 82.6 Å². The number of pyridine rings is 1. The lowest BCUT2D eigenvalue weighted by molar-refractivity contribution is 0.362. The standard InChI is InChI=1S/C9H10ClN3/c1-13(5-4-11)7-9-3-2-8(10)6-12-9/h2-3,6H,5,7H2,1H3. The van der Waals surface area contributed by atoms with E-state index in [1.807, 2.05) is 18.0 Å². The predicted molar refractivity (Wildman–Crippen MR) is 51.2 cm³/mol. The Morgan fingerprint density at radius 2 is 2.38 bits per heavy atom. The Bertz CT molecular complexity index is 302. The summed E-state index contributed by atoms with van der Waals surface area (Å²) in [7, 11) is 1.87. The summed E-state index contributed by atoms with van der Waals surface area (Å²) in [6.45, 7) is 1.08. The lowest BCUT2D eigenvalue weighted by atomic mass is 10.3. The van der Waals surface area contributed by atoms with E-state index in [4.69, 9.17) is 16.9 Å². The summed E-state index contributed by atoms with van der Waals surface area (Å²) in [5, 5.41) is 9.06. The van der Waals surface area contributed by atoms with Gasteiger partial charge in [-0.3, -0.25) is 9.88 Å². The van der Waals surface area contributed by atoms with Gasteiger partial charge in [0.25, 0.3) is 0 Å². The molecule has 0 saturated heterocycles. The molecule has 3 nitrogen and oxygen atoms in total. The van der Waals surface area contributed by atoms with Crippen molar-refractivity contribution in [1.82, 2.24) is 9.88 Å². The van der Waals surface area contributed by atoms with Crippen LogP contribution in [0.4, 0.5) is 0 Å². The van der Waals surface area contributed by atoms with Gasteiger partial charge in [-0.05, 0) is 19.2 Å². The predicted octanol–water partition coefficient (Wildman–Crippen LogP) is 1.69. The van der Waals surface area contributed by atoms with Gasteiger partial charge >= 0.3 is 0 Å².